The lowest BCUT2D eigenvalue weighted by Crippen LogP contribution is -2.41. The van der Waals surface area contributed by atoms with Crippen LogP contribution in [0.15, 0.2) is 34.7 Å². The molecule has 2 heteroatoms. The Labute approximate surface area is 104 Å². The summed E-state index contributed by atoms with van der Waals surface area (Å²) < 4.78 is 5.18. The molecule has 1 aromatic rings. The number of nitrogens with one attached hydrogen (secondary N) is 1. The fourth-order valence-corrected chi connectivity index (χ4v) is 2.54. The monoisotopic (exact) mass is 233 g/mol. The fourth-order valence-electron chi connectivity index (χ4n) is 2.54. The zero-order valence-electron chi connectivity index (χ0n) is 11.1. The van der Waals surface area contributed by atoms with Crippen molar-refractivity contribution >= 4 is 0 Å². The van der Waals surface area contributed by atoms with E-state index in [1.807, 2.05) is 6.26 Å². The second-order valence-electron chi connectivity index (χ2n) is 5.45. The fraction of sp³-hybridized carbons (Fsp3) is 0.600. The van der Waals surface area contributed by atoms with Gasteiger partial charge in [-0.2, -0.15) is 0 Å². The molecule has 1 aliphatic heterocycles. The van der Waals surface area contributed by atoms with E-state index in [0.29, 0.717) is 12.1 Å². The molecule has 0 amide bonds. The summed E-state index contributed by atoms with van der Waals surface area (Å²) in [5, 5.41) is 3.76. The molecule has 0 saturated carbocycles. The van der Waals surface area contributed by atoms with Crippen LogP contribution in [0.25, 0.3) is 0 Å². The molecule has 0 spiro atoms. The third-order valence-corrected chi connectivity index (χ3v) is 3.74. The van der Waals surface area contributed by atoms with Gasteiger partial charge in [0.25, 0.3) is 0 Å². The second-order valence-corrected chi connectivity index (χ2v) is 5.45. The summed E-state index contributed by atoms with van der Waals surface area (Å²) in [5.74, 6) is 0.758. The molecular formula is C15H23NO. The number of allylic oxidation sites excluding steroid dienone is 1. The van der Waals surface area contributed by atoms with E-state index in [2.05, 4.69) is 38.2 Å². The average molecular weight is 233 g/mol. The minimum atomic E-state index is 0.473. The van der Waals surface area contributed by atoms with Crippen LogP contribution in [-0.4, -0.2) is 6.04 Å². The number of hydrogen-bond donors (Lipinski definition) is 1. The van der Waals surface area contributed by atoms with Crippen molar-refractivity contribution in [1.29, 1.82) is 0 Å². The van der Waals surface area contributed by atoms with Crippen LogP contribution in [0.3, 0.4) is 0 Å². The van der Waals surface area contributed by atoms with Gasteiger partial charge in [0.15, 0.2) is 0 Å². The SMILES string of the molecule is CC(C)=CC[C@@H]1N[C@H](c2ccoc2)CC[C@@H]1C. The highest BCUT2D eigenvalue weighted by atomic mass is 16.3. The molecule has 0 aliphatic carbocycles. The molecule has 2 nitrogen and oxygen atoms in total. The van der Waals surface area contributed by atoms with E-state index in [0.717, 1.165) is 12.3 Å². The van der Waals surface area contributed by atoms with E-state index in [4.69, 9.17) is 4.42 Å². The van der Waals surface area contributed by atoms with Crippen molar-refractivity contribution in [2.75, 3.05) is 0 Å². The molecule has 0 radical (unpaired) electrons. The summed E-state index contributed by atoms with van der Waals surface area (Å²) in [5.41, 5.74) is 2.70. The van der Waals surface area contributed by atoms with E-state index in [9.17, 15) is 0 Å². The van der Waals surface area contributed by atoms with Gasteiger partial charge in [0.2, 0.25) is 0 Å². The molecule has 1 saturated heterocycles. The molecule has 1 N–H and O–H groups in total. The molecule has 0 bridgehead atoms. The van der Waals surface area contributed by atoms with Crippen molar-refractivity contribution < 1.29 is 4.42 Å². The van der Waals surface area contributed by atoms with Gasteiger partial charge in [0.1, 0.15) is 0 Å². The Kier molecular flexibility index (Phi) is 4.06. The molecule has 17 heavy (non-hydrogen) atoms. The van der Waals surface area contributed by atoms with Crippen LogP contribution in [0.5, 0.6) is 0 Å². The van der Waals surface area contributed by atoms with Crippen molar-refractivity contribution in [2.45, 2.75) is 52.1 Å². The maximum atomic E-state index is 5.18. The van der Waals surface area contributed by atoms with E-state index in [1.54, 1.807) is 6.26 Å². The number of rotatable bonds is 3. The first kappa shape index (κ1) is 12.4. The maximum Gasteiger partial charge on any atom is 0.0950 e. The minimum Gasteiger partial charge on any atom is -0.472 e. The third-order valence-electron chi connectivity index (χ3n) is 3.74. The van der Waals surface area contributed by atoms with Crippen molar-refractivity contribution in [1.82, 2.24) is 5.32 Å². The van der Waals surface area contributed by atoms with Crippen molar-refractivity contribution in [3.63, 3.8) is 0 Å². The van der Waals surface area contributed by atoms with Gasteiger partial charge < -0.3 is 9.73 Å². The van der Waals surface area contributed by atoms with E-state index in [1.165, 1.54) is 24.0 Å². The molecule has 2 rings (SSSR count). The molecule has 94 valence electrons. The lowest BCUT2D eigenvalue weighted by molar-refractivity contribution is 0.246. The Morgan fingerprint density at radius 1 is 1.47 bits per heavy atom. The molecular weight excluding hydrogens is 210 g/mol. The normalized spacial score (nSPS) is 29.0. The summed E-state index contributed by atoms with van der Waals surface area (Å²) in [4.78, 5) is 0. The van der Waals surface area contributed by atoms with Crippen molar-refractivity contribution in [2.24, 2.45) is 5.92 Å². The minimum absolute atomic E-state index is 0.473. The predicted molar refractivity (Wildman–Crippen MR) is 70.8 cm³/mol. The summed E-state index contributed by atoms with van der Waals surface area (Å²) in [6, 6.07) is 3.14. The van der Waals surface area contributed by atoms with Gasteiger partial charge in [-0.25, -0.2) is 0 Å². The Morgan fingerprint density at radius 3 is 2.94 bits per heavy atom. The van der Waals surface area contributed by atoms with Crippen LogP contribution in [-0.2, 0) is 0 Å². The topological polar surface area (TPSA) is 25.2 Å². The third kappa shape index (κ3) is 3.22. The Hall–Kier alpha value is -1.02. The average Bonchev–Trinajstić information content (AvgIpc) is 2.81. The Bertz CT molecular complexity index is 362. The summed E-state index contributed by atoms with van der Waals surface area (Å²) >= 11 is 0. The summed E-state index contributed by atoms with van der Waals surface area (Å²) in [6.07, 6.45) is 9.62. The number of piperidine rings is 1. The molecule has 0 aromatic carbocycles. The van der Waals surface area contributed by atoms with Crippen molar-refractivity contribution in [3.8, 4) is 0 Å². The van der Waals surface area contributed by atoms with Crippen LogP contribution in [0.2, 0.25) is 0 Å². The predicted octanol–water partition coefficient (Wildman–Crippen LogP) is 4.07. The molecule has 1 aliphatic rings. The van der Waals surface area contributed by atoms with Crippen molar-refractivity contribution in [3.05, 3.63) is 35.8 Å². The first-order valence-corrected chi connectivity index (χ1v) is 6.58. The quantitative estimate of drug-likeness (QED) is 0.796. The lowest BCUT2D eigenvalue weighted by atomic mass is 9.85. The van der Waals surface area contributed by atoms with Gasteiger partial charge >= 0.3 is 0 Å². The maximum absolute atomic E-state index is 5.18. The van der Waals surface area contributed by atoms with Gasteiger partial charge in [-0.05, 0) is 45.1 Å². The molecule has 2 heterocycles. The largest absolute Gasteiger partial charge is 0.472 e. The first-order valence-electron chi connectivity index (χ1n) is 6.58. The number of furan rings is 1. The van der Waals surface area contributed by atoms with E-state index < -0.39 is 0 Å². The van der Waals surface area contributed by atoms with Gasteiger partial charge in [-0.1, -0.05) is 18.6 Å². The van der Waals surface area contributed by atoms with Crippen LogP contribution >= 0.6 is 0 Å². The van der Waals surface area contributed by atoms with Crippen LogP contribution in [0, 0.1) is 5.92 Å². The molecule has 1 fully saturated rings. The highest BCUT2D eigenvalue weighted by molar-refractivity contribution is 5.13. The molecule has 3 atom stereocenters. The highest BCUT2D eigenvalue weighted by Crippen LogP contribution is 2.30. The highest BCUT2D eigenvalue weighted by Gasteiger charge is 2.27. The lowest BCUT2D eigenvalue weighted by Gasteiger charge is -2.35. The summed E-state index contributed by atoms with van der Waals surface area (Å²) in [7, 11) is 0. The zero-order valence-corrected chi connectivity index (χ0v) is 11.1. The molecule has 1 aromatic heterocycles. The second kappa shape index (κ2) is 5.54. The first-order chi connectivity index (χ1) is 8.16. The van der Waals surface area contributed by atoms with Crippen LogP contribution in [0.4, 0.5) is 0 Å². The van der Waals surface area contributed by atoms with Gasteiger partial charge in [-0.3, -0.25) is 0 Å². The van der Waals surface area contributed by atoms with Gasteiger partial charge in [0, 0.05) is 17.6 Å². The van der Waals surface area contributed by atoms with Gasteiger partial charge in [0.05, 0.1) is 12.5 Å². The Morgan fingerprint density at radius 2 is 2.29 bits per heavy atom. The molecule has 0 unspecified atom stereocenters. The van der Waals surface area contributed by atoms with Crippen LogP contribution in [0.1, 0.15) is 51.6 Å². The number of hydrogen-bond acceptors (Lipinski definition) is 2. The van der Waals surface area contributed by atoms with E-state index >= 15 is 0 Å². The van der Waals surface area contributed by atoms with Gasteiger partial charge in [-0.15, -0.1) is 0 Å². The van der Waals surface area contributed by atoms with E-state index in [-0.39, 0.29) is 0 Å². The Balaban J connectivity index is 1.99. The smallest absolute Gasteiger partial charge is 0.0950 e. The standard InChI is InChI=1S/C15H23NO/c1-11(2)4-6-14-12(3)5-7-15(16-14)13-8-9-17-10-13/h4,8-10,12,14-16H,5-7H2,1-3H3/t12-,14-,15-/m0/s1. The zero-order chi connectivity index (χ0) is 12.3. The van der Waals surface area contributed by atoms with Crippen LogP contribution < -0.4 is 5.32 Å². The summed E-state index contributed by atoms with van der Waals surface area (Å²) in [6.45, 7) is 6.68.